The maximum absolute atomic E-state index is 12.4. The fourth-order valence-electron chi connectivity index (χ4n) is 3.05. The Balaban J connectivity index is 1.94. The van der Waals surface area contributed by atoms with E-state index in [1.807, 2.05) is 45.9 Å². The van der Waals surface area contributed by atoms with Gasteiger partial charge in [-0.1, -0.05) is 12.1 Å². The predicted molar refractivity (Wildman–Crippen MR) is 93.3 cm³/mol. The van der Waals surface area contributed by atoms with Gasteiger partial charge in [0, 0.05) is 19.2 Å². The van der Waals surface area contributed by atoms with Gasteiger partial charge in [-0.2, -0.15) is 0 Å². The molecule has 24 heavy (non-hydrogen) atoms. The van der Waals surface area contributed by atoms with Crippen LogP contribution < -0.4 is 10.2 Å². The maximum atomic E-state index is 12.4. The molecule has 2 aliphatic heterocycles. The Hall–Kier alpha value is -1.53. The zero-order valence-electron chi connectivity index (χ0n) is 15.6. The third kappa shape index (κ3) is 2.72. The number of rotatable bonds is 1. The zero-order valence-corrected chi connectivity index (χ0v) is 15.6. The topological polar surface area (TPSA) is 48.0 Å². The lowest BCUT2D eigenvalue weighted by Gasteiger charge is -2.32. The van der Waals surface area contributed by atoms with Crippen LogP contribution >= 0.6 is 0 Å². The number of carbonyl (C=O) groups excluding carboxylic acids is 1. The normalized spacial score (nSPS) is 24.4. The number of carbonyl (C=O) groups is 1. The standard InChI is InChI=1S/C18H26BNO4/c1-16(2)15(21)20(7)11-12-10-13(8-9-14(12)22-16)19-23-17(3,4)18(5,6)24-19/h8-10H,11H2,1-7H3. The molecule has 0 bridgehead atoms. The van der Waals surface area contributed by atoms with Crippen molar-refractivity contribution in [2.24, 2.45) is 0 Å². The van der Waals surface area contributed by atoms with Crippen LogP contribution in [0.1, 0.15) is 47.1 Å². The third-order valence-electron chi connectivity index (χ3n) is 5.24. The summed E-state index contributed by atoms with van der Waals surface area (Å²) in [5, 5.41) is 0. The van der Waals surface area contributed by atoms with E-state index in [-0.39, 0.29) is 17.1 Å². The molecule has 2 aliphatic rings. The Morgan fingerprint density at radius 1 is 1.04 bits per heavy atom. The smallest absolute Gasteiger partial charge is 0.478 e. The lowest BCUT2D eigenvalue weighted by Crippen LogP contribution is -2.45. The Morgan fingerprint density at radius 3 is 2.21 bits per heavy atom. The molecule has 0 unspecified atom stereocenters. The van der Waals surface area contributed by atoms with Crippen molar-refractivity contribution < 1.29 is 18.8 Å². The van der Waals surface area contributed by atoms with Gasteiger partial charge in [0.05, 0.1) is 11.2 Å². The predicted octanol–water partition coefficient (Wildman–Crippen LogP) is 2.12. The molecule has 1 fully saturated rings. The minimum atomic E-state index is -0.869. The maximum Gasteiger partial charge on any atom is 0.494 e. The van der Waals surface area contributed by atoms with Gasteiger partial charge in [-0.15, -0.1) is 0 Å². The Bertz CT molecular complexity index is 668. The van der Waals surface area contributed by atoms with Crippen molar-refractivity contribution >= 4 is 18.5 Å². The van der Waals surface area contributed by atoms with Crippen LogP contribution in [0.3, 0.4) is 0 Å². The highest BCUT2D eigenvalue weighted by molar-refractivity contribution is 6.62. The highest BCUT2D eigenvalue weighted by Gasteiger charge is 2.51. The average Bonchev–Trinajstić information content (AvgIpc) is 2.62. The van der Waals surface area contributed by atoms with Gasteiger partial charge in [-0.25, -0.2) is 0 Å². The lowest BCUT2D eigenvalue weighted by atomic mass is 9.78. The van der Waals surface area contributed by atoms with Crippen molar-refractivity contribution in [2.45, 2.75) is 64.9 Å². The zero-order chi connectivity index (χ0) is 17.9. The number of likely N-dealkylation sites (N-methyl/N-ethyl adjacent to an activating group) is 1. The minimum Gasteiger partial charge on any atom is -0.478 e. The minimum absolute atomic E-state index is 0.0316. The van der Waals surface area contributed by atoms with Gasteiger partial charge < -0.3 is 18.9 Å². The summed E-state index contributed by atoms with van der Waals surface area (Å²) in [4.78, 5) is 14.1. The number of fused-ring (bicyclic) bond motifs is 1. The van der Waals surface area contributed by atoms with E-state index >= 15 is 0 Å². The lowest BCUT2D eigenvalue weighted by molar-refractivity contribution is -0.143. The summed E-state index contributed by atoms with van der Waals surface area (Å²) >= 11 is 0. The quantitative estimate of drug-likeness (QED) is 0.740. The number of nitrogens with zero attached hydrogens (tertiary/aromatic N) is 1. The van der Waals surface area contributed by atoms with Gasteiger partial charge >= 0.3 is 7.12 Å². The van der Waals surface area contributed by atoms with E-state index in [1.54, 1.807) is 25.8 Å². The Kier molecular flexibility index (Phi) is 3.77. The molecule has 1 amide bonds. The van der Waals surface area contributed by atoms with Crippen molar-refractivity contribution in [1.29, 1.82) is 0 Å². The van der Waals surface area contributed by atoms with Gasteiger partial charge in [0.25, 0.3) is 5.91 Å². The van der Waals surface area contributed by atoms with Crippen LogP contribution in [0.4, 0.5) is 0 Å². The molecule has 0 aliphatic carbocycles. The Morgan fingerprint density at radius 2 is 1.62 bits per heavy atom. The first-order chi connectivity index (χ1) is 10.9. The molecular formula is C18H26BNO4. The van der Waals surface area contributed by atoms with Crippen molar-refractivity contribution in [3.05, 3.63) is 23.8 Å². The summed E-state index contributed by atoms with van der Waals surface area (Å²) in [6.07, 6.45) is 0. The van der Waals surface area contributed by atoms with Crippen LogP contribution in [0.5, 0.6) is 5.75 Å². The van der Waals surface area contributed by atoms with E-state index in [4.69, 9.17) is 14.0 Å². The van der Waals surface area contributed by atoms with Crippen molar-refractivity contribution in [2.75, 3.05) is 7.05 Å². The molecular weight excluding hydrogens is 305 g/mol. The molecule has 0 saturated carbocycles. The van der Waals surface area contributed by atoms with Crippen LogP contribution in [0, 0.1) is 0 Å². The van der Waals surface area contributed by atoms with Crippen LogP contribution in [0.2, 0.25) is 0 Å². The molecule has 3 rings (SSSR count). The van der Waals surface area contributed by atoms with E-state index in [9.17, 15) is 4.79 Å². The molecule has 0 spiro atoms. The molecule has 130 valence electrons. The monoisotopic (exact) mass is 331 g/mol. The number of hydrogen-bond acceptors (Lipinski definition) is 4. The molecule has 1 saturated heterocycles. The van der Waals surface area contributed by atoms with Crippen LogP contribution in [0.15, 0.2) is 18.2 Å². The molecule has 0 radical (unpaired) electrons. The second-order valence-corrected chi connectivity index (χ2v) is 8.23. The van der Waals surface area contributed by atoms with Crippen molar-refractivity contribution in [3.63, 3.8) is 0 Å². The summed E-state index contributed by atoms with van der Waals surface area (Å²) < 4.78 is 18.2. The SMILES string of the molecule is CN1Cc2cc(B3OC(C)(C)C(C)(C)O3)ccc2OC(C)(C)C1=O. The average molecular weight is 331 g/mol. The largest absolute Gasteiger partial charge is 0.494 e. The molecule has 5 nitrogen and oxygen atoms in total. The summed E-state index contributed by atoms with van der Waals surface area (Å²) in [6.45, 7) is 12.2. The molecule has 0 N–H and O–H groups in total. The molecule has 1 aromatic carbocycles. The van der Waals surface area contributed by atoms with Crippen molar-refractivity contribution in [1.82, 2.24) is 4.90 Å². The third-order valence-corrected chi connectivity index (χ3v) is 5.24. The summed E-state index contributed by atoms with van der Waals surface area (Å²) in [5.41, 5.74) is 0.275. The second kappa shape index (κ2) is 5.23. The molecule has 2 heterocycles. The summed E-state index contributed by atoms with van der Waals surface area (Å²) in [5.74, 6) is 0.703. The highest BCUT2D eigenvalue weighted by atomic mass is 16.7. The number of ether oxygens (including phenoxy) is 1. The first-order valence-corrected chi connectivity index (χ1v) is 8.36. The Labute approximate surface area is 144 Å². The fourth-order valence-corrected chi connectivity index (χ4v) is 3.05. The fraction of sp³-hybridized carbons (Fsp3) is 0.611. The molecule has 0 aromatic heterocycles. The molecule has 6 heteroatoms. The first-order valence-electron chi connectivity index (χ1n) is 8.36. The number of benzene rings is 1. The number of amides is 1. The second-order valence-electron chi connectivity index (χ2n) is 8.23. The van der Waals surface area contributed by atoms with Crippen LogP contribution in [-0.2, 0) is 20.6 Å². The van der Waals surface area contributed by atoms with Crippen LogP contribution in [0.25, 0.3) is 0 Å². The summed E-state index contributed by atoms with van der Waals surface area (Å²) in [6, 6.07) is 5.87. The molecule has 1 aromatic rings. The van der Waals surface area contributed by atoms with E-state index in [2.05, 4.69) is 0 Å². The van der Waals surface area contributed by atoms with E-state index in [0.29, 0.717) is 6.54 Å². The van der Waals surface area contributed by atoms with Gasteiger partial charge in [0.15, 0.2) is 5.60 Å². The van der Waals surface area contributed by atoms with E-state index in [1.165, 1.54) is 0 Å². The first kappa shape index (κ1) is 17.3. The molecule has 0 atom stereocenters. The van der Waals surface area contributed by atoms with Gasteiger partial charge in [-0.05, 0) is 53.1 Å². The van der Waals surface area contributed by atoms with Crippen molar-refractivity contribution in [3.8, 4) is 5.75 Å². The van der Waals surface area contributed by atoms with Crippen LogP contribution in [-0.4, -0.2) is 41.8 Å². The summed E-state index contributed by atoms with van der Waals surface area (Å²) in [7, 11) is 1.38. The van der Waals surface area contributed by atoms with Gasteiger partial charge in [0.1, 0.15) is 5.75 Å². The van der Waals surface area contributed by atoms with E-state index < -0.39 is 12.7 Å². The van der Waals surface area contributed by atoms with E-state index in [0.717, 1.165) is 16.8 Å². The number of hydrogen-bond donors (Lipinski definition) is 0. The van der Waals surface area contributed by atoms with Gasteiger partial charge in [0.2, 0.25) is 0 Å². The van der Waals surface area contributed by atoms with Gasteiger partial charge in [-0.3, -0.25) is 4.79 Å². The highest BCUT2D eigenvalue weighted by Crippen LogP contribution is 2.37.